The average Bonchev–Trinajstić information content (AvgIpc) is 3.50. The maximum atomic E-state index is 13.4. The number of methoxy groups -OCH3 is 1. The summed E-state index contributed by atoms with van der Waals surface area (Å²) in [5, 5.41) is 20.1. The number of carbonyl (C=O) groups is 1. The van der Waals surface area contributed by atoms with Crippen LogP contribution in [0.15, 0.2) is 48.7 Å². The number of nitrogens with one attached hydrogen (secondary N) is 1. The summed E-state index contributed by atoms with van der Waals surface area (Å²) in [5.41, 5.74) is 0.0695. The number of aromatic nitrogens is 3. The van der Waals surface area contributed by atoms with Crippen molar-refractivity contribution in [1.82, 2.24) is 15.0 Å². The Morgan fingerprint density at radius 1 is 1.24 bits per heavy atom. The van der Waals surface area contributed by atoms with Gasteiger partial charge in [0, 0.05) is 0 Å². The Labute approximate surface area is 187 Å². The van der Waals surface area contributed by atoms with Crippen molar-refractivity contribution in [3.8, 4) is 11.8 Å². The highest BCUT2D eigenvalue weighted by Gasteiger charge is 2.64. The molecule has 1 fully saturated rings. The molecule has 1 N–H and O–H groups in total. The van der Waals surface area contributed by atoms with Crippen LogP contribution in [0.1, 0.15) is 35.1 Å². The summed E-state index contributed by atoms with van der Waals surface area (Å²) in [6.45, 7) is 0.274. The highest BCUT2D eigenvalue weighted by atomic mass is 19.4. The van der Waals surface area contributed by atoms with Crippen LogP contribution in [0.4, 0.5) is 19.0 Å². The van der Waals surface area contributed by atoms with E-state index in [1.807, 2.05) is 0 Å². The summed E-state index contributed by atoms with van der Waals surface area (Å²) < 4.78 is 45.3. The predicted molar refractivity (Wildman–Crippen MR) is 113 cm³/mol. The van der Waals surface area contributed by atoms with E-state index in [0.717, 1.165) is 5.56 Å². The van der Waals surface area contributed by atoms with Crippen molar-refractivity contribution in [2.45, 2.75) is 37.4 Å². The normalized spacial score (nSPS) is 14.4. The second-order valence-electron chi connectivity index (χ2n) is 7.91. The van der Waals surface area contributed by atoms with Gasteiger partial charge in [0.1, 0.15) is 11.8 Å². The molecule has 0 unspecified atom stereocenters. The standard InChI is InChI=1S/C23H20F3N5O2/c1-33-19-6-5-16(9-17(19)12-27)14-31-28-13-20(30-31)29-21(32)11-15-3-2-4-18(10-15)22(7-8-22)23(24,25)26/h2-6,9-10,13H,7-8,11,14H2,1H3,(H,29,30,32). The highest BCUT2D eigenvalue weighted by Crippen LogP contribution is 2.58. The largest absolute Gasteiger partial charge is 0.495 e. The Balaban J connectivity index is 1.39. The van der Waals surface area contributed by atoms with E-state index in [-0.39, 0.29) is 37.2 Å². The van der Waals surface area contributed by atoms with E-state index in [1.54, 1.807) is 30.3 Å². The van der Waals surface area contributed by atoms with Crippen LogP contribution in [0.5, 0.6) is 5.75 Å². The molecule has 1 saturated carbocycles. The number of nitriles is 1. The van der Waals surface area contributed by atoms with Crippen molar-refractivity contribution in [3.05, 3.63) is 70.9 Å². The van der Waals surface area contributed by atoms with Gasteiger partial charge >= 0.3 is 6.18 Å². The Kier molecular flexibility index (Phi) is 5.80. The zero-order chi connectivity index (χ0) is 23.6. The lowest BCUT2D eigenvalue weighted by Crippen LogP contribution is -2.28. The van der Waals surface area contributed by atoms with Gasteiger partial charge in [0.2, 0.25) is 5.91 Å². The molecule has 4 rings (SSSR count). The number of amides is 1. The van der Waals surface area contributed by atoms with Crippen LogP contribution >= 0.6 is 0 Å². The summed E-state index contributed by atoms with van der Waals surface area (Å²) in [7, 11) is 1.48. The molecule has 2 aromatic carbocycles. The highest BCUT2D eigenvalue weighted by molar-refractivity contribution is 5.91. The number of benzene rings is 2. The molecular weight excluding hydrogens is 435 g/mol. The number of ether oxygens (including phenoxy) is 1. The fourth-order valence-corrected chi connectivity index (χ4v) is 3.75. The number of anilines is 1. The molecule has 1 heterocycles. The van der Waals surface area contributed by atoms with Crippen molar-refractivity contribution in [2.75, 3.05) is 12.4 Å². The first kappa shape index (κ1) is 22.3. The van der Waals surface area contributed by atoms with Gasteiger partial charge in [-0.2, -0.15) is 28.3 Å². The van der Waals surface area contributed by atoms with Crippen LogP contribution in [-0.4, -0.2) is 34.2 Å². The molecule has 0 atom stereocenters. The minimum Gasteiger partial charge on any atom is -0.495 e. The molecule has 1 aliphatic rings. The zero-order valence-electron chi connectivity index (χ0n) is 17.7. The van der Waals surface area contributed by atoms with Gasteiger partial charge in [0.05, 0.1) is 37.3 Å². The fourth-order valence-electron chi connectivity index (χ4n) is 3.75. The van der Waals surface area contributed by atoms with Crippen molar-refractivity contribution < 1.29 is 22.7 Å². The number of halogens is 3. The molecule has 0 aliphatic heterocycles. The van der Waals surface area contributed by atoms with Gasteiger partial charge in [-0.05, 0) is 41.7 Å². The van der Waals surface area contributed by atoms with Crippen molar-refractivity contribution in [2.24, 2.45) is 0 Å². The monoisotopic (exact) mass is 455 g/mol. The van der Waals surface area contributed by atoms with Crippen molar-refractivity contribution >= 4 is 11.7 Å². The Hall–Kier alpha value is -3.87. The molecule has 3 aromatic rings. The second-order valence-corrected chi connectivity index (χ2v) is 7.91. The number of carbonyl (C=O) groups excluding carboxylic acids is 1. The lowest BCUT2D eigenvalue weighted by molar-refractivity contribution is -0.160. The first-order valence-corrected chi connectivity index (χ1v) is 10.2. The third-order valence-corrected chi connectivity index (χ3v) is 5.65. The average molecular weight is 455 g/mol. The van der Waals surface area contributed by atoms with E-state index in [4.69, 9.17) is 4.74 Å². The molecule has 0 spiro atoms. The summed E-state index contributed by atoms with van der Waals surface area (Å²) in [6.07, 6.45) is -2.87. The van der Waals surface area contributed by atoms with Crippen LogP contribution < -0.4 is 10.1 Å². The lowest BCUT2D eigenvalue weighted by atomic mass is 9.93. The van der Waals surface area contributed by atoms with Crippen molar-refractivity contribution in [3.63, 3.8) is 0 Å². The number of nitrogens with zero attached hydrogens (tertiary/aromatic N) is 4. The van der Waals surface area contributed by atoms with Crippen LogP contribution in [0, 0.1) is 11.3 Å². The van der Waals surface area contributed by atoms with E-state index in [2.05, 4.69) is 21.6 Å². The molecule has 0 radical (unpaired) electrons. The summed E-state index contributed by atoms with van der Waals surface area (Å²) in [6, 6.07) is 13.3. The summed E-state index contributed by atoms with van der Waals surface area (Å²) >= 11 is 0. The summed E-state index contributed by atoms with van der Waals surface area (Å²) in [4.78, 5) is 13.8. The van der Waals surface area contributed by atoms with Gasteiger partial charge in [-0.3, -0.25) is 4.79 Å². The van der Waals surface area contributed by atoms with E-state index in [0.29, 0.717) is 16.9 Å². The first-order valence-electron chi connectivity index (χ1n) is 10.2. The topological polar surface area (TPSA) is 92.8 Å². The second kappa shape index (κ2) is 8.58. The lowest BCUT2D eigenvalue weighted by Gasteiger charge is -2.20. The molecule has 0 saturated heterocycles. The van der Waals surface area contributed by atoms with Crippen LogP contribution in [0.3, 0.4) is 0 Å². The van der Waals surface area contributed by atoms with Gasteiger partial charge in [0.25, 0.3) is 0 Å². The third kappa shape index (κ3) is 4.67. The maximum absolute atomic E-state index is 13.4. The van der Waals surface area contributed by atoms with Crippen LogP contribution in [-0.2, 0) is 23.2 Å². The molecule has 10 heteroatoms. The smallest absolute Gasteiger partial charge is 0.398 e. The van der Waals surface area contributed by atoms with Gasteiger partial charge < -0.3 is 10.1 Å². The molecule has 1 aliphatic carbocycles. The Morgan fingerprint density at radius 2 is 2.03 bits per heavy atom. The van der Waals surface area contributed by atoms with Crippen molar-refractivity contribution in [1.29, 1.82) is 5.26 Å². The summed E-state index contributed by atoms with van der Waals surface area (Å²) in [5.74, 6) is 0.279. The minimum absolute atomic E-state index is 0.0688. The van der Waals surface area contributed by atoms with E-state index in [9.17, 15) is 23.2 Å². The third-order valence-electron chi connectivity index (χ3n) is 5.65. The SMILES string of the molecule is COc1ccc(Cn2ncc(NC(=O)Cc3cccc(C4(C(F)(F)F)CC4)c3)n2)cc1C#N. The predicted octanol–water partition coefficient (Wildman–Crippen LogP) is 3.98. The minimum atomic E-state index is -4.30. The number of hydrogen-bond donors (Lipinski definition) is 1. The number of rotatable bonds is 7. The Bertz CT molecular complexity index is 1230. The Morgan fingerprint density at radius 3 is 2.70 bits per heavy atom. The molecule has 1 amide bonds. The molecule has 1 aromatic heterocycles. The molecule has 170 valence electrons. The molecule has 7 nitrogen and oxygen atoms in total. The van der Waals surface area contributed by atoms with Crippen LogP contribution in [0.2, 0.25) is 0 Å². The van der Waals surface area contributed by atoms with Crippen LogP contribution in [0.25, 0.3) is 0 Å². The van der Waals surface area contributed by atoms with E-state index < -0.39 is 17.5 Å². The zero-order valence-corrected chi connectivity index (χ0v) is 17.7. The fraction of sp³-hybridized carbons (Fsp3) is 0.304. The molecule has 0 bridgehead atoms. The quantitative estimate of drug-likeness (QED) is 0.582. The number of hydrogen-bond acceptors (Lipinski definition) is 5. The first-order chi connectivity index (χ1) is 15.7. The molecule has 33 heavy (non-hydrogen) atoms. The van der Waals surface area contributed by atoms with E-state index >= 15 is 0 Å². The van der Waals surface area contributed by atoms with E-state index in [1.165, 1.54) is 30.2 Å². The number of alkyl halides is 3. The molecular formula is C23H20F3N5O2. The maximum Gasteiger partial charge on any atom is 0.398 e. The van der Waals surface area contributed by atoms with Gasteiger partial charge in [0.15, 0.2) is 5.82 Å². The van der Waals surface area contributed by atoms with Gasteiger partial charge in [-0.1, -0.05) is 30.3 Å². The van der Waals surface area contributed by atoms with Gasteiger partial charge in [-0.25, -0.2) is 0 Å². The van der Waals surface area contributed by atoms with Gasteiger partial charge in [-0.15, -0.1) is 5.10 Å².